The van der Waals surface area contributed by atoms with Gasteiger partial charge >= 0.3 is 0 Å². The van der Waals surface area contributed by atoms with E-state index in [0.29, 0.717) is 53.0 Å². The van der Waals surface area contributed by atoms with Gasteiger partial charge in [0.15, 0.2) is 0 Å². The highest BCUT2D eigenvalue weighted by atomic mass is 32.1. The first-order chi connectivity index (χ1) is 17.0. The molecule has 36 heavy (non-hydrogen) atoms. The van der Waals surface area contributed by atoms with E-state index in [9.17, 15) is 15.0 Å². The highest BCUT2D eigenvalue weighted by Crippen LogP contribution is 2.68. The Hall–Kier alpha value is -1.05. The standard InChI is InChI=1S/C29H47N3O3S/c1-16(2)26-31-32-27(36-26)30-24(35)9-6-17(3)20-7-8-21-25-22(11-13-29(20,21)5)28(4)12-10-19(33)14-18(28)15-23(25)34/h16-23,25,33-34H,6-15H2,1-5H3,(H,30,32,35)/t17-,18+,19-,20+,21-,22-,23+,25-,28+,29-/m1/s1. The molecule has 10 atom stereocenters. The number of aromatic nitrogens is 2. The van der Waals surface area contributed by atoms with Gasteiger partial charge < -0.3 is 15.5 Å². The first kappa shape index (κ1) is 26.6. The number of nitrogens with zero attached hydrogens (tertiary/aromatic N) is 2. The summed E-state index contributed by atoms with van der Waals surface area (Å²) in [6.07, 6.45) is 9.64. The van der Waals surface area contributed by atoms with Gasteiger partial charge in [-0.05, 0) is 104 Å². The van der Waals surface area contributed by atoms with E-state index in [1.165, 1.54) is 37.0 Å². The summed E-state index contributed by atoms with van der Waals surface area (Å²) in [7, 11) is 0. The van der Waals surface area contributed by atoms with Gasteiger partial charge in [0.1, 0.15) is 5.01 Å². The van der Waals surface area contributed by atoms with Crippen LogP contribution in [0.5, 0.6) is 0 Å². The molecule has 4 aliphatic carbocycles. The van der Waals surface area contributed by atoms with Crippen molar-refractivity contribution in [2.45, 2.75) is 117 Å². The molecule has 4 saturated carbocycles. The lowest BCUT2D eigenvalue weighted by Gasteiger charge is -2.62. The summed E-state index contributed by atoms with van der Waals surface area (Å²) in [5, 5.41) is 34.6. The minimum absolute atomic E-state index is 0.0397. The molecular weight excluding hydrogens is 470 g/mol. The Morgan fingerprint density at radius 3 is 2.47 bits per heavy atom. The number of aliphatic hydroxyl groups excluding tert-OH is 2. The van der Waals surface area contributed by atoms with Gasteiger partial charge in [-0.2, -0.15) is 0 Å². The van der Waals surface area contributed by atoms with Crippen LogP contribution in [-0.2, 0) is 4.79 Å². The molecule has 0 spiro atoms. The Balaban J connectivity index is 1.22. The molecule has 202 valence electrons. The van der Waals surface area contributed by atoms with Crippen LogP contribution in [0.25, 0.3) is 0 Å². The maximum absolute atomic E-state index is 12.7. The molecule has 3 N–H and O–H groups in total. The van der Waals surface area contributed by atoms with Crippen molar-refractivity contribution < 1.29 is 15.0 Å². The van der Waals surface area contributed by atoms with E-state index >= 15 is 0 Å². The molecule has 0 unspecified atom stereocenters. The maximum Gasteiger partial charge on any atom is 0.226 e. The molecule has 5 rings (SSSR count). The summed E-state index contributed by atoms with van der Waals surface area (Å²) in [5.41, 5.74) is 0.521. The minimum Gasteiger partial charge on any atom is -0.393 e. The Kier molecular flexibility index (Phi) is 7.32. The van der Waals surface area contributed by atoms with Crippen LogP contribution in [0.1, 0.15) is 110 Å². The zero-order chi connectivity index (χ0) is 25.8. The largest absolute Gasteiger partial charge is 0.393 e. The monoisotopic (exact) mass is 517 g/mol. The summed E-state index contributed by atoms with van der Waals surface area (Å²) in [5.74, 6) is 3.47. The number of carbonyl (C=O) groups is 1. The molecule has 0 bridgehead atoms. The Labute approximate surface area is 221 Å². The van der Waals surface area contributed by atoms with Crippen LogP contribution in [0.4, 0.5) is 5.13 Å². The van der Waals surface area contributed by atoms with E-state index in [0.717, 1.165) is 37.1 Å². The molecule has 1 aromatic rings. The molecule has 1 amide bonds. The van der Waals surface area contributed by atoms with E-state index in [1.807, 2.05) is 0 Å². The number of amides is 1. The Morgan fingerprint density at radius 2 is 1.75 bits per heavy atom. The minimum atomic E-state index is -0.231. The van der Waals surface area contributed by atoms with Gasteiger partial charge in [-0.15, -0.1) is 10.2 Å². The van der Waals surface area contributed by atoms with Crippen LogP contribution in [0.3, 0.4) is 0 Å². The van der Waals surface area contributed by atoms with Crippen LogP contribution < -0.4 is 5.32 Å². The number of hydrogen-bond donors (Lipinski definition) is 3. The SMILES string of the molecule is CC(C)c1nnc(NC(=O)CC[C@@H](C)[C@@H]2CC[C@@H]3[C@@H]4[C@@H](CC[C@@]32C)[C@@]2(C)CC[C@@H](O)C[C@H]2C[C@@H]4O)s1. The van der Waals surface area contributed by atoms with Crippen molar-refractivity contribution in [2.24, 2.45) is 46.3 Å². The van der Waals surface area contributed by atoms with Crippen molar-refractivity contribution in [3.05, 3.63) is 5.01 Å². The molecule has 1 heterocycles. The maximum atomic E-state index is 12.7. The lowest BCUT2D eigenvalue weighted by atomic mass is 9.43. The summed E-state index contributed by atoms with van der Waals surface area (Å²) in [6, 6.07) is 0. The fourth-order valence-corrected chi connectivity index (χ4v) is 10.2. The van der Waals surface area contributed by atoms with E-state index in [-0.39, 0.29) is 28.9 Å². The quantitative estimate of drug-likeness (QED) is 0.430. The third-order valence-corrected chi connectivity index (χ3v) is 12.6. The number of rotatable bonds is 6. The number of carbonyl (C=O) groups excluding carboxylic acids is 1. The normalized spacial score (nSPS) is 42.9. The molecule has 0 saturated heterocycles. The molecule has 0 aliphatic heterocycles. The molecule has 4 aliphatic rings. The van der Waals surface area contributed by atoms with Gasteiger partial charge in [0, 0.05) is 12.3 Å². The smallest absolute Gasteiger partial charge is 0.226 e. The second-order valence-electron chi connectivity index (χ2n) is 13.6. The average Bonchev–Trinajstić information content (AvgIpc) is 3.43. The van der Waals surface area contributed by atoms with E-state index in [2.05, 4.69) is 50.1 Å². The number of nitrogens with one attached hydrogen (secondary N) is 1. The van der Waals surface area contributed by atoms with Crippen LogP contribution in [0, 0.1) is 46.3 Å². The second kappa shape index (κ2) is 9.92. The molecule has 6 nitrogen and oxygen atoms in total. The molecule has 1 aromatic heterocycles. The zero-order valence-electron chi connectivity index (χ0n) is 22.9. The third-order valence-electron chi connectivity index (χ3n) is 11.4. The van der Waals surface area contributed by atoms with Gasteiger partial charge in [-0.1, -0.05) is 46.0 Å². The number of hydrogen-bond acceptors (Lipinski definition) is 6. The van der Waals surface area contributed by atoms with Crippen molar-refractivity contribution in [3.63, 3.8) is 0 Å². The molecule has 4 fully saturated rings. The molecule has 7 heteroatoms. The second-order valence-corrected chi connectivity index (χ2v) is 14.6. The summed E-state index contributed by atoms with van der Waals surface area (Å²) >= 11 is 1.47. The predicted octanol–water partition coefficient (Wildman–Crippen LogP) is 6.01. The number of aliphatic hydroxyl groups is 2. The van der Waals surface area contributed by atoms with Crippen molar-refractivity contribution >= 4 is 22.4 Å². The lowest BCUT2D eigenvalue weighted by molar-refractivity contribution is -0.174. The molecule has 0 aromatic carbocycles. The average molecular weight is 518 g/mol. The van der Waals surface area contributed by atoms with Gasteiger partial charge in [-0.25, -0.2) is 0 Å². The van der Waals surface area contributed by atoms with Crippen LogP contribution in [0.15, 0.2) is 0 Å². The summed E-state index contributed by atoms with van der Waals surface area (Å²) in [4.78, 5) is 12.7. The predicted molar refractivity (Wildman–Crippen MR) is 144 cm³/mol. The van der Waals surface area contributed by atoms with Gasteiger partial charge in [0.05, 0.1) is 12.2 Å². The van der Waals surface area contributed by atoms with E-state index in [4.69, 9.17) is 0 Å². The molecule has 0 radical (unpaired) electrons. The third kappa shape index (κ3) is 4.55. The number of anilines is 1. The van der Waals surface area contributed by atoms with Crippen molar-refractivity contribution in [2.75, 3.05) is 5.32 Å². The van der Waals surface area contributed by atoms with E-state index < -0.39 is 0 Å². The first-order valence-electron chi connectivity index (χ1n) is 14.5. The van der Waals surface area contributed by atoms with Crippen LogP contribution in [0.2, 0.25) is 0 Å². The Morgan fingerprint density at radius 1 is 1.03 bits per heavy atom. The summed E-state index contributed by atoms with van der Waals surface area (Å²) in [6.45, 7) is 11.5. The van der Waals surface area contributed by atoms with Gasteiger partial charge in [0.25, 0.3) is 0 Å². The fourth-order valence-electron chi connectivity index (χ4n) is 9.44. The van der Waals surface area contributed by atoms with E-state index in [1.54, 1.807) is 0 Å². The van der Waals surface area contributed by atoms with Crippen LogP contribution >= 0.6 is 11.3 Å². The fraction of sp³-hybridized carbons (Fsp3) is 0.897. The van der Waals surface area contributed by atoms with Crippen molar-refractivity contribution in [1.29, 1.82) is 0 Å². The van der Waals surface area contributed by atoms with Gasteiger partial charge in [-0.3, -0.25) is 4.79 Å². The van der Waals surface area contributed by atoms with Gasteiger partial charge in [0.2, 0.25) is 11.0 Å². The van der Waals surface area contributed by atoms with Crippen molar-refractivity contribution in [3.8, 4) is 0 Å². The summed E-state index contributed by atoms with van der Waals surface area (Å²) < 4.78 is 0. The topological polar surface area (TPSA) is 95.3 Å². The number of fused-ring (bicyclic) bond motifs is 5. The highest BCUT2D eigenvalue weighted by Gasteiger charge is 2.62. The first-order valence-corrected chi connectivity index (χ1v) is 15.3. The Bertz CT molecular complexity index is 952. The molecular formula is C29H47N3O3S. The van der Waals surface area contributed by atoms with Crippen LogP contribution in [-0.4, -0.2) is 38.5 Å². The lowest BCUT2D eigenvalue weighted by Crippen LogP contribution is -2.58. The zero-order valence-corrected chi connectivity index (χ0v) is 23.7. The highest BCUT2D eigenvalue weighted by molar-refractivity contribution is 7.15. The van der Waals surface area contributed by atoms with Crippen molar-refractivity contribution in [1.82, 2.24) is 10.2 Å².